The topological polar surface area (TPSA) is 67.3 Å². The first-order valence-electron chi connectivity index (χ1n) is 9.29. The number of hydrogen-bond acceptors (Lipinski definition) is 4. The van der Waals surface area contributed by atoms with Crippen molar-refractivity contribution in [2.24, 2.45) is 0 Å². The minimum Gasteiger partial charge on any atom is -0.331 e. The van der Waals surface area contributed by atoms with E-state index in [1.54, 1.807) is 53.7 Å². The number of carbonyl (C=O) groups excluding carboxylic acids is 1. The molecule has 1 aliphatic heterocycles. The van der Waals surface area contributed by atoms with Crippen molar-refractivity contribution in [2.75, 3.05) is 5.75 Å². The molecule has 152 valence electrons. The van der Waals surface area contributed by atoms with Gasteiger partial charge in [-0.3, -0.25) is 9.78 Å². The van der Waals surface area contributed by atoms with Gasteiger partial charge in [0.05, 0.1) is 24.1 Å². The Morgan fingerprint density at radius 3 is 2.31 bits per heavy atom. The van der Waals surface area contributed by atoms with Crippen LogP contribution in [0.25, 0.3) is 0 Å². The van der Waals surface area contributed by atoms with Crippen LogP contribution >= 0.6 is 0 Å². The predicted octanol–water partition coefficient (Wildman–Crippen LogP) is 3.09. The highest BCUT2D eigenvalue weighted by Crippen LogP contribution is 2.55. The van der Waals surface area contributed by atoms with Crippen LogP contribution < -0.4 is 0 Å². The van der Waals surface area contributed by atoms with Crippen molar-refractivity contribution >= 4 is 15.7 Å². The number of pyridine rings is 1. The van der Waals surface area contributed by atoms with Gasteiger partial charge in [-0.05, 0) is 34.9 Å². The quantitative estimate of drug-likeness (QED) is 0.723. The van der Waals surface area contributed by atoms with Crippen LogP contribution in [0.1, 0.15) is 29.0 Å². The average Bonchev–Trinajstić information content (AvgIpc) is 3.17. The molecule has 1 saturated carbocycles. The molecule has 0 N–H and O–H groups in total. The molecule has 2 heterocycles. The average molecular weight is 418 g/mol. The summed E-state index contributed by atoms with van der Waals surface area (Å²) >= 11 is 0. The summed E-state index contributed by atoms with van der Waals surface area (Å²) in [6.45, 7) is 0.262. The van der Waals surface area contributed by atoms with Gasteiger partial charge in [-0.25, -0.2) is 17.2 Å². The van der Waals surface area contributed by atoms with E-state index in [-0.39, 0.29) is 31.0 Å². The number of halogens is 2. The molecular weight excluding hydrogens is 398 g/mol. The third-order valence-corrected chi connectivity index (χ3v) is 6.68. The number of carbonyl (C=O) groups is 1. The molecule has 1 fully saturated rings. The van der Waals surface area contributed by atoms with E-state index >= 15 is 0 Å². The fourth-order valence-corrected chi connectivity index (χ4v) is 4.85. The maximum absolute atomic E-state index is 13.2. The third kappa shape index (κ3) is 4.53. The molecule has 0 spiro atoms. The standard InChI is InChI=1S/C21H20F2N2O3S/c22-21(23)12-19(21)17-3-1-15(2-4-17)11-20(26)25(13-16-5-8-24-9-6-16)18-7-10-29(27,28)14-18/h1-10,18-19H,11-14H2. The molecular formula is C21H20F2N2O3S. The highest BCUT2D eigenvalue weighted by molar-refractivity contribution is 7.94. The molecule has 2 aliphatic rings. The molecule has 1 aromatic heterocycles. The van der Waals surface area contributed by atoms with Crippen molar-refractivity contribution in [1.82, 2.24) is 9.88 Å². The van der Waals surface area contributed by atoms with E-state index in [4.69, 9.17) is 0 Å². The van der Waals surface area contributed by atoms with Crippen LogP contribution in [0.3, 0.4) is 0 Å². The summed E-state index contributed by atoms with van der Waals surface area (Å²) in [6, 6.07) is 9.67. The molecule has 8 heteroatoms. The molecule has 0 saturated heterocycles. The van der Waals surface area contributed by atoms with E-state index in [1.807, 2.05) is 0 Å². The number of benzene rings is 1. The van der Waals surface area contributed by atoms with Gasteiger partial charge in [-0.2, -0.15) is 0 Å². The van der Waals surface area contributed by atoms with E-state index < -0.39 is 27.7 Å². The zero-order chi connectivity index (χ0) is 20.6. The summed E-state index contributed by atoms with van der Waals surface area (Å²) in [4.78, 5) is 18.5. The fraction of sp³-hybridized carbons (Fsp3) is 0.333. The van der Waals surface area contributed by atoms with Crippen molar-refractivity contribution in [3.63, 3.8) is 0 Å². The summed E-state index contributed by atoms with van der Waals surface area (Å²) in [7, 11) is -3.32. The molecule has 2 atom stereocenters. The largest absolute Gasteiger partial charge is 0.331 e. The fourth-order valence-electron chi connectivity index (χ4n) is 3.55. The second-order valence-corrected chi connectivity index (χ2v) is 9.47. The summed E-state index contributed by atoms with van der Waals surface area (Å²) in [5, 5.41) is 1.15. The Bertz CT molecular complexity index is 1040. The smallest absolute Gasteiger partial charge is 0.255 e. The lowest BCUT2D eigenvalue weighted by molar-refractivity contribution is -0.132. The monoisotopic (exact) mass is 418 g/mol. The summed E-state index contributed by atoms with van der Waals surface area (Å²) in [5.41, 5.74) is 2.12. The van der Waals surface area contributed by atoms with Crippen molar-refractivity contribution in [2.45, 2.75) is 37.3 Å². The minimum atomic E-state index is -3.32. The molecule has 1 aliphatic carbocycles. The zero-order valence-electron chi connectivity index (χ0n) is 15.5. The number of rotatable bonds is 6. The lowest BCUT2D eigenvalue weighted by Crippen LogP contribution is -2.41. The van der Waals surface area contributed by atoms with Gasteiger partial charge in [0.1, 0.15) is 0 Å². The SMILES string of the molecule is O=C(Cc1ccc(C2CC2(F)F)cc1)N(Cc1ccncc1)C1C=CS(=O)(=O)C1. The van der Waals surface area contributed by atoms with Gasteiger partial charge >= 0.3 is 0 Å². The van der Waals surface area contributed by atoms with E-state index in [9.17, 15) is 22.0 Å². The first-order chi connectivity index (χ1) is 13.7. The first kappa shape index (κ1) is 19.7. The van der Waals surface area contributed by atoms with Crippen LogP contribution in [0, 0.1) is 0 Å². The van der Waals surface area contributed by atoms with Crippen LogP contribution in [0.2, 0.25) is 0 Å². The number of aromatic nitrogens is 1. The molecule has 1 aromatic carbocycles. The summed E-state index contributed by atoms with van der Waals surface area (Å²) in [6.07, 6.45) is 4.70. The lowest BCUT2D eigenvalue weighted by atomic mass is 10.0. The maximum atomic E-state index is 13.2. The Morgan fingerprint density at radius 2 is 1.76 bits per heavy atom. The van der Waals surface area contributed by atoms with Gasteiger partial charge in [-0.1, -0.05) is 24.3 Å². The Labute approximate surface area is 168 Å². The van der Waals surface area contributed by atoms with Crippen LogP contribution in [0.15, 0.2) is 60.3 Å². The Hall–Kier alpha value is -2.61. The van der Waals surface area contributed by atoms with Gasteiger partial charge in [0.2, 0.25) is 5.91 Å². The van der Waals surface area contributed by atoms with Gasteiger partial charge in [0.15, 0.2) is 9.84 Å². The highest BCUT2D eigenvalue weighted by Gasteiger charge is 2.57. The van der Waals surface area contributed by atoms with Crippen LogP contribution in [0.4, 0.5) is 8.78 Å². The van der Waals surface area contributed by atoms with Crippen LogP contribution in [-0.2, 0) is 27.6 Å². The van der Waals surface area contributed by atoms with E-state index in [2.05, 4.69) is 4.98 Å². The van der Waals surface area contributed by atoms with E-state index in [0.29, 0.717) is 11.1 Å². The Morgan fingerprint density at radius 1 is 1.10 bits per heavy atom. The second kappa shape index (κ2) is 7.33. The summed E-state index contributed by atoms with van der Waals surface area (Å²) < 4.78 is 50.1. The summed E-state index contributed by atoms with van der Waals surface area (Å²) in [5.74, 6) is -3.72. The second-order valence-electron chi connectivity index (χ2n) is 7.54. The number of sulfone groups is 1. The Kier molecular flexibility index (Phi) is 4.98. The van der Waals surface area contributed by atoms with E-state index in [1.165, 1.54) is 6.08 Å². The molecule has 0 bridgehead atoms. The van der Waals surface area contributed by atoms with Gasteiger partial charge in [0, 0.05) is 30.8 Å². The Balaban J connectivity index is 1.49. The number of hydrogen-bond donors (Lipinski definition) is 0. The molecule has 2 aromatic rings. The van der Waals surface area contributed by atoms with Gasteiger partial charge < -0.3 is 4.90 Å². The highest BCUT2D eigenvalue weighted by atomic mass is 32.2. The minimum absolute atomic E-state index is 0.0663. The van der Waals surface area contributed by atoms with Crippen molar-refractivity contribution in [3.05, 3.63) is 77.0 Å². The molecule has 0 radical (unpaired) electrons. The predicted molar refractivity (Wildman–Crippen MR) is 104 cm³/mol. The zero-order valence-corrected chi connectivity index (χ0v) is 16.4. The van der Waals surface area contributed by atoms with Gasteiger partial charge in [0.25, 0.3) is 5.92 Å². The van der Waals surface area contributed by atoms with Gasteiger partial charge in [-0.15, -0.1) is 0 Å². The normalized spacial score (nSPS) is 23.7. The maximum Gasteiger partial charge on any atom is 0.255 e. The number of alkyl halides is 2. The van der Waals surface area contributed by atoms with Crippen molar-refractivity contribution in [1.29, 1.82) is 0 Å². The third-order valence-electron chi connectivity index (χ3n) is 5.30. The molecule has 5 nitrogen and oxygen atoms in total. The number of amides is 1. The lowest BCUT2D eigenvalue weighted by Gasteiger charge is -2.28. The molecule has 1 amide bonds. The van der Waals surface area contributed by atoms with E-state index in [0.717, 1.165) is 11.0 Å². The van der Waals surface area contributed by atoms with Crippen LogP contribution in [0.5, 0.6) is 0 Å². The molecule has 2 unspecified atom stereocenters. The molecule has 4 rings (SSSR count). The number of nitrogens with zero attached hydrogens (tertiary/aromatic N) is 2. The molecule has 29 heavy (non-hydrogen) atoms. The van der Waals surface area contributed by atoms with Crippen LogP contribution in [-0.4, -0.2) is 41.9 Å². The van der Waals surface area contributed by atoms with Crippen molar-refractivity contribution < 1.29 is 22.0 Å². The first-order valence-corrected chi connectivity index (χ1v) is 11.0. The van der Waals surface area contributed by atoms with Crippen molar-refractivity contribution in [3.8, 4) is 0 Å².